The third-order valence-electron chi connectivity index (χ3n) is 4.91. The van der Waals surface area contributed by atoms with E-state index in [1.165, 1.54) is 16.3 Å². The Kier molecular flexibility index (Phi) is 5.87. The summed E-state index contributed by atoms with van der Waals surface area (Å²) in [7, 11) is 1.57. The summed E-state index contributed by atoms with van der Waals surface area (Å²) in [6.07, 6.45) is 0.837. The number of methoxy groups -OCH3 is 1. The van der Waals surface area contributed by atoms with E-state index in [0.717, 1.165) is 0 Å². The number of hydrogen-bond donors (Lipinski definition) is 0. The van der Waals surface area contributed by atoms with Gasteiger partial charge in [0.1, 0.15) is 5.75 Å². The second kappa shape index (κ2) is 8.90. The molecule has 0 N–H and O–H groups in total. The fourth-order valence-electron chi connectivity index (χ4n) is 3.35. The summed E-state index contributed by atoms with van der Waals surface area (Å²) in [5, 5.41) is 27.9. The Bertz CT molecular complexity index is 1400. The molecule has 0 radical (unpaired) electrons. The SMILES string of the molecule is COc1cccc(-n2c(=O)c3ccccc3n3c(SC[C@@H](C#N)CCC#N)nnc23)c1. The van der Waals surface area contributed by atoms with Gasteiger partial charge in [0.25, 0.3) is 5.56 Å². The first kappa shape index (κ1) is 20.5. The van der Waals surface area contributed by atoms with Gasteiger partial charge < -0.3 is 4.74 Å². The average Bonchev–Trinajstić information content (AvgIpc) is 3.23. The van der Waals surface area contributed by atoms with E-state index in [9.17, 15) is 10.1 Å². The largest absolute Gasteiger partial charge is 0.497 e. The summed E-state index contributed by atoms with van der Waals surface area (Å²) < 4.78 is 8.66. The number of para-hydroxylation sites is 1. The number of aromatic nitrogens is 4. The smallest absolute Gasteiger partial charge is 0.267 e. The molecule has 4 rings (SSSR count). The highest BCUT2D eigenvalue weighted by Crippen LogP contribution is 2.26. The monoisotopic (exact) mass is 430 g/mol. The highest BCUT2D eigenvalue weighted by atomic mass is 32.2. The molecule has 0 aliphatic heterocycles. The van der Waals surface area contributed by atoms with Gasteiger partial charge in [-0.05, 0) is 30.7 Å². The van der Waals surface area contributed by atoms with Crippen LogP contribution in [-0.4, -0.2) is 32.0 Å². The van der Waals surface area contributed by atoms with Crippen LogP contribution >= 0.6 is 11.8 Å². The number of hydrogen-bond acceptors (Lipinski definition) is 7. The molecule has 0 spiro atoms. The third-order valence-corrected chi connectivity index (χ3v) is 6.00. The van der Waals surface area contributed by atoms with Gasteiger partial charge in [-0.1, -0.05) is 30.0 Å². The number of rotatable bonds is 7. The first-order valence-corrected chi connectivity index (χ1v) is 10.6. The average molecular weight is 430 g/mol. The van der Waals surface area contributed by atoms with Crippen LogP contribution in [0.4, 0.5) is 0 Å². The molecule has 2 aromatic carbocycles. The lowest BCUT2D eigenvalue weighted by molar-refractivity contribution is 0.414. The Morgan fingerprint density at radius 2 is 2.00 bits per heavy atom. The van der Waals surface area contributed by atoms with Gasteiger partial charge in [-0.3, -0.25) is 9.20 Å². The normalized spacial score (nSPS) is 11.8. The highest BCUT2D eigenvalue weighted by Gasteiger charge is 2.19. The molecular weight excluding hydrogens is 412 g/mol. The van der Waals surface area contributed by atoms with E-state index in [0.29, 0.717) is 51.9 Å². The van der Waals surface area contributed by atoms with Crippen molar-refractivity contribution in [1.29, 1.82) is 10.5 Å². The van der Waals surface area contributed by atoms with Crippen LogP contribution < -0.4 is 10.3 Å². The maximum Gasteiger partial charge on any atom is 0.267 e. The Labute approximate surface area is 182 Å². The van der Waals surface area contributed by atoms with Gasteiger partial charge in [0.05, 0.1) is 41.8 Å². The maximum absolute atomic E-state index is 13.3. The summed E-state index contributed by atoms with van der Waals surface area (Å²) in [4.78, 5) is 13.3. The Morgan fingerprint density at radius 3 is 2.77 bits per heavy atom. The van der Waals surface area contributed by atoms with E-state index in [4.69, 9.17) is 10.00 Å². The second-order valence-electron chi connectivity index (χ2n) is 6.81. The summed E-state index contributed by atoms with van der Waals surface area (Å²) in [6.45, 7) is 0. The fourth-order valence-corrected chi connectivity index (χ4v) is 4.35. The van der Waals surface area contributed by atoms with E-state index < -0.39 is 0 Å². The van der Waals surface area contributed by atoms with E-state index in [1.54, 1.807) is 25.3 Å². The van der Waals surface area contributed by atoms with Gasteiger partial charge in [-0.2, -0.15) is 10.5 Å². The molecule has 0 aliphatic rings. The lowest BCUT2D eigenvalue weighted by atomic mass is 10.1. The van der Waals surface area contributed by atoms with Gasteiger partial charge in [0.15, 0.2) is 5.16 Å². The summed E-state index contributed by atoms with van der Waals surface area (Å²) in [5.74, 6) is 1.21. The van der Waals surface area contributed by atoms with Gasteiger partial charge >= 0.3 is 0 Å². The number of nitrogens with zero attached hydrogens (tertiary/aromatic N) is 6. The van der Waals surface area contributed by atoms with Crippen LogP contribution in [0.25, 0.3) is 22.4 Å². The van der Waals surface area contributed by atoms with Crippen LogP contribution in [0.5, 0.6) is 5.75 Å². The lowest BCUT2D eigenvalue weighted by Crippen LogP contribution is -2.21. The van der Waals surface area contributed by atoms with Gasteiger partial charge in [0.2, 0.25) is 5.78 Å². The fraction of sp³-hybridized carbons (Fsp3) is 0.227. The second-order valence-corrected chi connectivity index (χ2v) is 7.80. The van der Waals surface area contributed by atoms with Gasteiger partial charge in [-0.25, -0.2) is 4.57 Å². The molecule has 8 nitrogen and oxygen atoms in total. The third kappa shape index (κ3) is 3.83. The number of ether oxygens (including phenoxy) is 1. The molecule has 0 fully saturated rings. The molecule has 0 bridgehead atoms. The summed E-state index contributed by atoms with van der Waals surface area (Å²) in [6, 6.07) is 18.8. The number of nitriles is 2. The number of thioether (sulfide) groups is 1. The molecule has 0 saturated carbocycles. The van der Waals surface area contributed by atoms with Crippen LogP contribution in [0.3, 0.4) is 0 Å². The zero-order chi connectivity index (χ0) is 21.8. The van der Waals surface area contributed by atoms with Crippen molar-refractivity contribution in [2.45, 2.75) is 18.0 Å². The van der Waals surface area contributed by atoms with Crippen molar-refractivity contribution in [2.24, 2.45) is 5.92 Å². The topological polar surface area (TPSA) is 109 Å². The molecule has 154 valence electrons. The molecule has 1 atom stereocenters. The molecule has 4 aromatic rings. The quantitative estimate of drug-likeness (QED) is 0.412. The Hall–Kier alpha value is -3.82. The van der Waals surface area contributed by atoms with Crippen molar-refractivity contribution in [3.05, 3.63) is 58.9 Å². The van der Waals surface area contributed by atoms with Gasteiger partial charge in [-0.15, -0.1) is 10.2 Å². The van der Waals surface area contributed by atoms with Crippen LogP contribution in [0, 0.1) is 28.6 Å². The van der Waals surface area contributed by atoms with Crippen LogP contribution in [0.1, 0.15) is 12.8 Å². The molecule has 9 heteroatoms. The minimum absolute atomic E-state index is 0.204. The standard InChI is InChI=1S/C22H18N6O2S/c1-30-17-8-4-7-16(12-17)27-20(29)18-9-2-3-10-19(18)28-21(27)25-26-22(28)31-14-15(13-24)6-5-11-23/h2-4,7-10,12,15H,5-6,14H2,1H3/t15-/m1/s1. The van der Waals surface area contributed by atoms with Crippen molar-refractivity contribution in [3.63, 3.8) is 0 Å². The van der Waals surface area contributed by atoms with Crippen molar-refractivity contribution >= 4 is 28.4 Å². The minimum Gasteiger partial charge on any atom is -0.497 e. The molecule has 31 heavy (non-hydrogen) atoms. The highest BCUT2D eigenvalue weighted by molar-refractivity contribution is 7.99. The molecule has 0 amide bonds. The van der Waals surface area contributed by atoms with E-state index in [2.05, 4.69) is 22.3 Å². The van der Waals surface area contributed by atoms with Crippen LogP contribution in [0.2, 0.25) is 0 Å². The predicted molar refractivity (Wildman–Crippen MR) is 117 cm³/mol. The molecule has 2 aromatic heterocycles. The van der Waals surface area contributed by atoms with Crippen molar-refractivity contribution in [2.75, 3.05) is 12.9 Å². The number of fused-ring (bicyclic) bond motifs is 3. The molecule has 2 heterocycles. The minimum atomic E-state index is -0.271. The first-order chi connectivity index (χ1) is 15.2. The van der Waals surface area contributed by atoms with E-state index >= 15 is 0 Å². The van der Waals surface area contributed by atoms with Crippen LogP contribution in [0.15, 0.2) is 58.5 Å². The van der Waals surface area contributed by atoms with E-state index in [1.807, 2.05) is 34.7 Å². The first-order valence-electron chi connectivity index (χ1n) is 9.60. The molecule has 0 saturated heterocycles. The number of benzene rings is 2. The molecule has 0 unspecified atom stereocenters. The predicted octanol–water partition coefficient (Wildman–Crippen LogP) is 3.58. The van der Waals surface area contributed by atoms with Gasteiger partial charge in [0, 0.05) is 18.2 Å². The Morgan fingerprint density at radius 1 is 1.16 bits per heavy atom. The summed E-state index contributed by atoms with van der Waals surface area (Å²) in [5.41, 5.74) is 1.11. The van der Waals surface area contributed by atoms with Crippen molar-refractivity contribution < 1.29 is 4.74 Å². The zero-order valence-electron chi connectivity index (χ0n) is 16.7. The zero-order valence-corrected chi connectivity index (χ0v) is 17.5. The molecule has 0 aliphatic carbocycles. The van der Waals surface area contributed by atoms with Crippen molar-refractivity contribution in [3.8, 4) is 23.6 Å². The molecular formula is C22H18N6O2S. The Balaban J connectivity index is 1.88. The lowest BCUT2D eigenvalue weighted by Gasteiger charge is -2.12. The maximum atomic E-state index is 13.3. The van der Waals surface area contributed by atoms with E-state index in [-0.39, 0.29) is 11.5 Å². The van der Waals surface area contributed by atoms with Crippen LogP contribution in [-0.2, 0) is 0 Å². The van der Waals surface area contributed by atoms with Crippen molar-refractivity contribution in [1.82, 2.24) is 19.2 Å². The summed E-state index contributed by atoms with van der Waals surface area (Å²) >= 11 is 1.39.